The summed E-state index contributed by atoms with van der Waals surface area (Å²) in [4.78, 5) is 10.8. The molecule has 1 fully saturated rings. The third kappa shape index (κ3) is 3.02. The fourth-order valence-corrected chi connectivity index (χ4v) is 3.05. The van der Waals surface area contributed by atoms with Crippen LogP contribution in [0.15, 0.2) is 23.4 Å². The number of nitrogens with zero attached hydrogens (tertiary/aromatic N) is 3. The summed E-state index contributed by atoms with van der Waals surface area (Å²) in [5.74, 6) is 0.180. The predicted molar refractivity (Wildman–Crippen MR) is 81.7 cm³/mol. The van der Waals surface area contributed by atoms with Gasteiger partial charge < -0.3 is 5.11 Å². The van der Waals surface area contributed by atoms with Gasteiger partial charge in [-0.05, 0) is 25.0 Å². The van der Waals surface area contributed by atoms with Gasteiger partial charge in [-0.3, -0.25) is 9.36 Å². The van der Waals surface area contributed by atoms with Crippen LogP contribution in [0.3, 0.4) is 0 Å². The summed E-state index contributed by atoms with van der Waals surface area (Å²) < 4.78 is 1.82. The molecule has 0 unspecified atom stereocenters. The number of carboxylic acid groups (broad SMARTS) is 1. The number of benzene rings is 1. The molecule has 0 spiro atoms. The molecule has 5 nitrogen and oxygen atoms in total. The Kier molecular flexibility index (Phi) is 4.10. The quantitative estimate of drug-likeness (QED) is 0.839. The fourth-order valence-electron chi connectivity index (χ4n) is 2.00. The number of aromatic nitrogens is 3. The maximum Gasteiger partial charge on any atom is 0.313 e. The standard InChI is InChI=1S/C13H11Cl2N3O2S/c14-8-2-1-3-9(11(8)15)18-12(7-4-5-7)16-17-13(18)21-6-10(19)20/h1-3,7H,4-6H2,(H,19,20). The lowest BCUT2D eigenvalue weighted by atomic mass is 10.3. The molecule has 3 rings (SSSR count). The van der Waals surface area contributed by atoms with Crippen LogP contribution in [0.2, 0.25) is 10.0 Å². The molecule has 2 aromatic rings. The van der Waals surface area contributed by atoms with E-state index in [9.17, 15) is 4.79 Å². The topological polar surface area (TPSA) is 68.0 Å². The normalized spacial score (nSPS) is 14.4. The number of thioether (sulfide) groups is 1. The van der Waals surface area contributed by atoms with Crippen LogP contribution in [0.4, 0.5) is 0 Å². The second-order valence-electron chi connectivity index (χ2n) is 4.71. The number of halogens is 2. The van der Waals surface area contributed by atoms with Gasteiger partial charge in [-0.2, -0.15) is 0 Å². The molecule has 1 aromatic heterocycles. The molecule has 8 heteroatoms. The lowest BCUT2D eigenvalue weighted by molar-refractivity contribution is -0.133. The molecule has 21 heavy (non-hydrogen) atoms. The van der Waals surface area contributed by atoms with Gasteiger partial charge in [-0.25, -0.2) is 0 Å². The molecule has 1 aromatic carbocycles. The summed E-state index contributed by atoms with van der Waals surface area (Å²) in [7, 11) is 0. The van der Waals surface area contributed by atoms with Crippen molar-refractivity contribution in [2.45, 2.75) is 23.9 Å². The number of carboxylic acids is 1. The van der Waals surface area contributed by atoms with Gasteiger partial charge in [0.05, 0.1) is 21.5 Å². The largest absolute Gasteiger partial charge is 0.481 e. The number of hydrogen-bond acceptors (Lipinski definition) is 4. The maximum absolute atomic E-state index is 10.8. The molecule has 0 bridgehead atoms. The lowest BCUT2D eigenvalue weighted by Gasteiger charge is -2.11. The van der Waals surface area contributed by atoms with E-state index in [-0.39, 0.29) is 5.75 Å². The Hall–Kier alpha value is -1.24. The van der Waals surface area contributed by atoms with E-state index in [2.05, 4.69) is 10.2 Å². The molecule has 1 aliphatic rings. The zero-order valence-electron chi connectivity index (χ0n) is 10.8. The van der Waals surface area contributed by atoms with E-state index in [0.717, 1.165) is 30.4 Å². The van der Waals surface area contributed by atoms with Crippen molar-refractivity contribution in [3.05, 3.63) is 34.1 Å². The van der Waals surface area contributed by atoms with Crippen LogP contribution < -0.4 is 0 Å². The van der Waals surface area contributed by atoms with Crippen molar-refractivity contribution in [1.82, 2.24) is 14.8 Å². The van der Waals surface area contributed by atoms with E-state index in [1.54, 1.807) is 12.1 Å². The van der Waals surface area contributed by atoms with E-state index < -0.39 is 5.97 Å². The highest BCUT2D eigenvalue weighted by atomic mass is 35.5. The van der Waals surface area contributed by atoms with Gasteiger partial charge in [0, 0.05) is 5.92 Å². The first-order valence-corrected chi connectivity index (χ1v) is 8.06. The maximum atomic E-state index is 10.8. The summed E-state index contributed by atoms with van der Waals surface area (Å²) >= 11 is 13.5. The van der Waals surface area contributed by atoms with Gasteiger partial charge in [0.1, 0.15) is 5.82 Å². The van der Waals surface area contributed by atoms with Crippen LogP contribution in [0, 0.1) is 0 Å². The molecular formula is C13H11Cl2N3O2S. The van der Waals surface area contributed by atoms with Crippen molar-refractivity contribution in [2.24, 2.45) is 0 Å². The summed E-state index contributed by atoms with van der Waals surface area (Å²) in [6.07, 6.45) is 2.11. The fraction of sp³-hybridized carbons (Fsp3) is 0.308. The van der Waals surface area contributed by atoms with E-state index in [4.69, 9.17) is 28.3 Å². The molecule has 1 heterocycles. The van der Waals surface area contributed by atoms with Gasteiger partial charge in [-0.1, -0.05) is 41.0 Å². The minimum absolute atomic E-state index is 0.0824. The Morgan fingerprint density at radius 1 is 1.38 bits per heavy atom. The molecular weight excluding hydrogens is 333 g/mol. The van der Waals surface area contributed by atoms with Crippen LogP contribution in [0.25, 0.3) is 5.69 Å². The van der Waals surface area contributed by atoms with E-state index in [1.165, 1.54) is 0 Å². The monoisotopic (exact) mass is 343 g/mol. The van der Waals surface area contributed by atoms with Gasteiger partial charge in [0.15, 0.2) is 5.16 Å². The van der Waals surface area contributed by atoms with Crippen LogP contribution >= 0.6 is 35.0 Å². The molecule has 1 saturated carbocycles. The predicted octanol–water partition coefficient (Wildman–Crippen LogP) is 3.63. The van der Waals surface area contributed by atoms with Crippen molar-refractivity contribution in [3.8, 4) is 5.69 Å². The van der Waals surface area contributed by atoms with Gasteiger partial charge in [0.2, 0.25) is 0 Å². The molecule has 0 atom stereocenters. The Bertz CT molecular complexity index is 701. The minimum atomic E-state index is -0.903. The minimum Gasteiger partial charge on any atom is -0.481 e. The average molecular weight is 344 g/mol. The molecule has 1 N–H and O–H groups in total. The van der Waals surface area contributed by atoms with E-state index in [0.29, 0.717) is 26.8 Å². The summed E-state index contributed by atoms with van der Waals surface area (Å²) in [5.41, 5.74) is 0.684. The second kappa shape index (κ2) is 5.87. The van der Waals surface area contributed by atoms with E-state index in [1.807, 2.05) is 10.6 Å². The van der Waals surface area contributed by atoms with Crippen molar-refractivity contribution < 1.29 is 9.90 Å². The smallest absolute Gasteiger partial charge is 0.313 e. The number of hydrogen-bond donors (Lipinski definition) is 1. The number of aliphatic carboxylic acids is 1. The van der Waals surface area contributed by atoms with Crippen molar-refractivity contribution >= 4 is 40.9 Å². The van der Waals surface area contributed by atoms with Gasteiger partial charge in [-0.15, -0.1) is 10.2 Å². The highest BCUT2D eigenvalue weighted by Gasteiger charge is 2.31. The molecule has 0 aliphatic heterocycles. The summed E-state index contributed by atoms with van der Waals surface area (Å²) in [6.45, 7) is 0. The van der Waals surface area contributed by atoms with Crippen LogP contribution in [-0.2, 0) is 4.79 Å². The number of rotatable bonds is 5. The van der Waals surface area contributed by atoms with Crippen LogP contribution in [-0.4, -0.2) is 31.6 Å². The third-order valence-corrected chi connectivity index (χ3v) is 4.82. The molecule has 0 amide bonds. The van der Waals surface area contributed by atoms with Gasteiger partial charge >= 0.3 is 5.97 Å². The lowest BCUT2D eigenvalue weighted by Crippen LogP contribution is -2.05. The molecule has 0 saturated heterocycles. The SMILES string of the molecule is O=C(O)CSc1nnc(C2CC2)n1-c1cccc(Cl)c1Cl. The zero-order valence-corrected chi connectivity index (χ0v) is 13.1. The van der Waals surface area contributed by atoms with Crippen molar-refractivity contribution in [1.29, 1.82) is 0 Å². The summed E-state index contributed by atoms with van der Waals surface area (Å²) in [6, 6.07) is 5.33. The molecule has 0 radical (unpaired) electrons. The van der Waals surface area contributed by atoms with Crippen LogP contribution in [0.5, 0.6) is 0 Å². The third-order valence-electron chi connectivity index (χ3n) is 3.10. The first kappa shape index (κ1) is 14.7. The Morgan fingerprint density at radius 3 is 2.81 bits per heavy atom. The first-order valence-electron chi connectivity index (χ1n) is 6.32. The average Bonchev–Trinajstić information content (AvgIpc) is 3.20. The molecule has 110 valence electrons. The van der Waals surface area contributed by atoms with Gasteiger partial charge in [0.25, 0.3) is 0 Å². The Morgan fingerprint density at radius 2 is 2.14 bits per heavy atom. The first-order chi connectivity index (χ1) is 10.1. The highest BCUT2D eigenvalue weighted by molar-refractivity contribution is 7.99. The summed E-state index contributed by atoms with van der Waals surface area (Å²) in [5, 5.41) is 18.5. The Labute approximate surface area is 135 Å². The number of carbonyl (C=O) groups is 1. The van der Waals surface area contributed by atoms with E-state index >= 15 is 0 Å². The second-order valence-corrected chi connectivity index (χ2v) is 6.43. The van der Waals surface area contributed by atoms with Crippen LogP contribution in [0.1, 0.15) is 24.6 Å². The Balaban J connectivity index is 2.07. The van der Waals surface area contributed by atoms with Crippen molar-refractivity contribution in [3.63, 3.8) is 0 Å². The molecule has 1 aliphatic carbocycles. The van der Waals surface area contributed by atoms with Crippen molar-refractivity contribution in [2.75, 3.05) is 5.75 Å². The zero-order chi connectivity index (χ0) is 15.0. The highest BCUT2D eigenvalue weighted by Crippen LogP contribution is 2.42.